The summed E-state index contributed by atoms with van der Waals surface area (Å²) in [4.78, 5) is 12.6. The Hall–Kier alpha value is -2.74. The van der Waals surface area contributed by atoms with Crippen molar-refractivity contribution in [1.29, 1.82) is 0 Å². The minimum absolute atomic E-state index is 0.124. The Balaban J connectivity index is 2.05. The van der Waals surface area contributed by atoms with Crippen molar-refractivity contribution in [3.05, 3.63) is 53.1 Å². The molecule has 0 saturated carbocycles. The molecule has 0 aliphatic rings. The van der Waals surface area contributed by atoms with Gasteiger partial charge in [0.2, 0.25) is 15.9 Å². The second kappa shape index (κ2) is 11.2. The van der Waals surface area contributed by atoms with E-state index in [-0.39, 0.29) is 24.9 Å². The van der Waals surface area contributed by atoms with Crippen molar-refractivity contribution in [3.8, 4) is 11.5 Å². The lowest BCUT2D eigenvalue weighted by atomic mass is 10.0. The van der Waals surface area contributed by atoms with Crippen LogP contribution in [0.5, 0.6) is 11.5 Å². The van der Waals surface area contributed by atoms with Gasteiger partial charge in [-0.2, -0.15) is 0 Å². The van der Waals surface area contributed by atoms with Gasteiger partial charge in [0.05, 0.1) is 32.2 Å². The van der Waals surface area contributed by atoms with Crippen LogP contribution >= 0.6 is 0 Å². The molecule has 2 aromatic rings. The number of ether oxygens (including phenoxy) is 2. The number of nitrogens with zero attached hydrogens (tertiary/aromatic N) is 1. The molecular formula is C24H34N2O5S. The molecule has 0 fully saturated rings. The van der Waals surface area contributed by atoms with Gasteiger partial charge in [0.1, 0.15) is 0 Å². The van der Waals surface area contributed by atoms with Gasteiger partial charge < -0.3 is 14.8 Å². The van der Waals surface area contributed by atoms with Crippen LogP contribution in [-0.2, 0) is 14.8 Å². The molecule has 1 amide bonds. The number of hydrogen-bond acceptors (Lipinski definition) is 5. The normalized spacial score (nSPS) is 12.2. The lowest BCUT2D eigenvalue weighted by Crippen LogP contribution is -2.33. The SMILES string of the molecule is CC[C@H](NC(=O)CCCN(c1cccc(C)c1C)S(C)(=O)=O)c1ccc(OC)c(OC)c1. The minimum Gasteiger partial charge on any atom is -0.493 e. The first-order valence-electron chi connectivity index (χ1n) is 10.7. The van der Waals surface area contributed by atoms with Crippen molar-refractivity contribution in [3.63, 3.8) is 0 Å². The van der Waals surface area contributed by atoms with Gasteiger partial charge in [-0.25, -0.2) is 8.42 Å². The monoisotopic (exact) mass is 462 g/mol. The van der Waals surface area contributed by atoms with E-state index >= 15 is 0 Å². The van der Waals surface area contributed by atoms with Gasteiger partial charge in [-0.05, 0) is 61.6 Å². The topological polar surface area (TPSA) is 84.9 Å². The van der Waals surface area contributed by atoms with Gasteiger partial charge in [-0.3, -0.25) is 9.10 Å². The van der Waals surface area contributed by atoms with Crippen LogP contribution in [0.4, 0.5) is 5.69 Å². The summed E-state index contributed by atoms with van der Waals surface area (Å²) in [6.45, 7) is 6.09. The molecule has 0 aromatic heterocycles. The molecule has 0 unspecified atom stereocenters. The second-order valence-electron chi connectivity index (χ2n) is 7.80. The number of anilines is 1. The first-order chi connectivity index (χ1) is 15.1. The highest BCUT2D eigenvalue weighted by Crippen LogP contribution is 2.31. The molecule has 0 spiro atoms. The average Bonchev–Trinajstić information content (AvgIpc) is 2.76. The second-order valence-corrected chi connectivity index (χ2v) is 9.71. The summed E-state index contributed by atoms with van der Waals surface area (Å²) in [5, 5.41) is 3.04. The van der Waals surface area contributed by atoms with Gasteiger partial charge in [-0.15, -0.1) is 0 Å². The number of rotatable bonds is 11. The lowest BCUT2D eigenvalue weighted by molar-refractivity contribution is -0.121. The van der Waals surface area contributed by atoms with E-state index in [2.05, 4.69) is 5.32 Å². The molecule has 2 rings (SSSR count). The van der Waals surface area contributed by atoms with Crippen LogP contribution in [0.2, 0.25) is 0 Å². The Morgan fingerprint density at radius 1 is 1.09 bits per heavy atom. The van der Waals surface area contributed by atoms with Crippen molar-refractivity contribution in [1.82, 2.24) is 5.32 Å². The van der Waals surface area contributed by atoms with Crippen LogP contribution in [-0.4, -0.2) is 41.3 Å². The van der Waals surface area contributed by atoms with E-state index in [1.165, 1.54) is 10.6 Å². The molecule has 1 N–H and O–H groups in total. The van der Waals surface area contributed by atoms with Crippen LogP contribution in [0.1, 0.15) is 48.9 Å². The predicted octanol–water partition coefficient (Wildman–Crippen LogP) is 4.13. The fourth-order valence-corrected chi connectivity index (χ4v) is 4.63. The van der Waals surface area contributed by atoms with E-state index < -0.39 is 10.0 Å². The fourth-order valence-electron chi connectivity index (χ4n) is 3.61. The first-order valence-corrected chi connectivity index (χ1v) is 12.5. The van der Waals surface area contributed by atoms with Gasteiger partial charge in [0, 0.05) is 13.0 Å². The molecular weight excluding hydrogens is 428 g/mol. The smallest absolute Gasteiger partial charge is 0.232 e. The molecule has 1 atom stereocenters. The standard InChI is InChI=1S/C24H34N2O5S/c1-7-20(19-13-14-22(30-4)23(16-19)31-5)25-24(27)12-9-15-26(32(6,28)29)21-11-8-10-17(2)18(21)3/h8,10-11,13-14,16,20H,7,9,12,15H2,1-6H3,(H,25,27)/t20-/m0/s1. The molecule has 7 nitrogen and oxygen atoms in total. The van der Waals surface area contributed by atoms with E-state index in [1.54, 1.807) is 20.3 Å². The summed E-state index contributed by atoms with van der Waals surface area (Å²) in [5.74, 6) is 1.11. The Morgan fingerprint density at radius 3 is 2.38 bits per heavy atom. The Morgan fingerprint density at radius 2 is 1.78 bits per heavy atom. The van der Waals surface area contributed by atoms with Crippen LogP contribution in [0.15, 0.2) is 36.4 Å². The highest BCUT2D eigenvalue weighted by atomic mass is 32.2. The molecule has 0 bridgehead atoms. The summed E-state index contributed by atoms with van der Waals surface area (Å²) in [7, 11) is -0.312. The van der Waals surface area contributed by atoms with Gasteiger partial charge in [-0.1, -0.05) is 25.1 Å². The third-order valence-corrected chi connectivity index (χ3v) is 6.74. The number of carbonyl (C=O) groups is 1. The van der Waals surface area contributed by atoms with Crippen LogP contribution < -0.4 is 19.1 Å². The van der Waals surface area contributed by atoms with E-state index in [0.717, 1.165) is 16.7 Å². The molecule has 32 heavy (non-hydrogen) atoms. The van der Waals surface area contributed by atoms with Crippen molar-refractivity contribution >= 4 is 21.6 Å². The summed E-state index contributed by atoms with van der Waals surface area (Å²) < 4.78 is 36.8. The van der Waals surface area contributed by atoms with Crippen molar-refractivity contribution in [2.45, 2.75) is 46.1 Å². The highest BCUT2D eigenvalue weighted by molar-refractivity contribution is 7.92. The maximum Gasteiger partial charge on any atom is 0.232 e. The zero-order valence-electron chi connectivity index (χ0n) is 19.8. The number of methoxy groups -OCH3 is 2. The van der Waals surface area contributed by atoms with Gasteiger partial charge >= 0.3 is 0 Å². The first kappa shape index (κ1) is 25.5. The third kappa shape index (κ3) is 6.38. The quantitative estimate of drug-likeness (QED) is 0.543. The molecule has 0 radical (unpaired) electrons. The summed E-state index contributed by atoms with van der Waals surface area (Å²) in [6, 6.07) is 11.0. The molecule has 0 saturated heterocycles. The van der Waals surface area contributed by atoms with E-state index in [1.807, 2.05) is 51.1 Å². The Labute approximate surface area is 191 Å². The molecule has 2 aromatic carbocycles. The van der Waals surface area contributed by atoms with E-state index in [4.69, 9.17) is 9.47 Å². The summed E-state index contributed by atoms with van der Waals surface area (Å²) in [5.41, 5.74) is 3.52. The van der Waals surface area contributed by atoms with Crippen molar-refractivity contribution < 1.29 is 22.7 Å². The molecule has 176 valence electrons. The number of aryl methyl sites for hydroxylation is 1. The van der Waals surface area contributed by atoms with Crippen LogP contribution in [0.25, 0.3) is 0 Å². The zero-order valence-corrected chi connectivity index (χ0v) is 20.6. The number of carbonyl (C=O) groups excluding carboxylic acids is 1. The Bertz CT molecular complexity index is 1040. The predicted molar refractivity (Wildman–Crippen MR) is 128 cm³/mol. The Kier molecular flexibility index (Phi) is 8.95. The molecule has 0 heterocycles. The van der Waals surface area contributed by atoms with E-state index in [9.17, 15) is 13.2 Å². The van der Waals surface area contributed by atoms with Crippen molar-refractivity contribution in [2.75, 3.05) is 31.3 Å². The number of nitrogens with one attached hydrogen (secondary N) is 1. The van der Waals surface area contributed by atoms with Gasteiger partial charge in [0.25, 0.3) is 0 Å². The largest absolute Gasteiger partial charge is 0.493 e. The molecule has 8 heteroatoms. The minimum atomic E-state index is -3.46. The molecule has 0 aliphatic carbocycles. The summed E-state index contributed by atoms with van der Waals surface area (Å²) >= 11 is 0. The lowest BCUT2D eigenvalue weighted by Gasteiger charge is -2.25. The van der Waals surface area contributed by atoms with Crippen LogP contribution in [0.3, 0.4) is 0 Å². The summed E-state index contributed by atoms with van der Waals surface area (Å²) in [6.07, 6.45) is 2.54. The number of amides is 1. The number of hydrogen-bond donors (Lipinski definition) is 1. The van der Waals surface area contributed by atoms with E-state index in [0.29, 0.717) is 30.0 Å². The van der Waals surface area contributed by atoms with Gasteiger partial charge in [0.15, 0.2) is 11.5 Å². The fraction of sp³-hybridized carbons (Fsp3) is 0.458. The van der Waals surface area contributed by atoms with Crippen LogP contribution in [0, 0.1) is 13.8 Å². The maximum absolute atomic E-state index is 12.6. The number of sulfonamides is 1. The van der Waals surface area contributed by atoms with Crippen molar-refractivity contribution in [2.24, 2.45) is 0 Å². The molecule has 0 aliphatic heterocycles. The zero-order chi connectivity index (χ0) is 23.9. The third-order valence-electron chi connectivity index (χ3n) is 5.56. The average molecular weight is 463 g/mol. The maximum atomic E-state index is 12.6. The highest BCUT2D eigenvalue weighted by Gasteiger charge is 2.21. The number of benzene rings is 2.